The summed E-state index contributed by atoms with van der Waals surface area (Å²) in [6.07, 6.45) is 0. The van der Waals surface area contributed by atoms with Crippen LogP contribution in [-0.2, 0) is 0 Å². The molecule has 16 heavy (non-hydrogen) atoms. The Hall–Kier alpha value is -0.940. The molecule has 0 aliphatic heterocycles. The molecule has 0 nitrogen and oxygen atoms in total. The molecule has 1 aromatic heterocycles. The third-order valence-electron chi connectivity index (χ3n) is 1.67. The molecule has 0 unspecified atom stereocenters. The van der Waals surface area contributed by atoms with Crippen LogP contribution in [-0.4, -0.2) is 6.68 Å². The zero-order chi connectivity index (χ0) is 12.0. The van der Waals surface area contributed by atoms with Crippen LogP contribution in [0.1, 0.15) is 0 Å². The van der Waals surface area contributed by atoms with E-state index in [1.807, 2.05) is 12.1 Å². The summed E-state index contributed by atoms with van der Waals surface area (Å²) in [5.74, 6) is 0. The van der Waals surface area contributed by atoms with Crippen molar-refractivity contribution in [1.82, 2.24) is 0 Å². The van der Waals surface area contributed by atoms with E-state index < -0.39 is 6.68 Å². The van der Waals surface area contributed by atoms with Gasteiger partial charge < -0.3 is 0 Å². The Bertz CT molecular complexity index is 393. The summed E-state index contributed by atoms with van der Waals surface area (Å²) in [5.41, 5.74) is 1.27. The van der Waals surface area contributed by atoms with Crippen LogP contribution < -0.4 is 0 Å². The van der Waals surface area contributed by atoms with Crippen molar-refractivity contribution in [1.29, 1.82) is 0 Å². The minimum Gasteiger partial charge on any atom is -0.174 e. The maximum Gasteiger partial charge on any atom is 0.379 e. The van der Waals surface area contributed by atoms with Crippen molar-refractivity contribution in [2.24, 2.45) is 0 Å². The molecular formula is C11H9F3S2. The Kier molecular flexibility index (Phi) is 5.42. The van der Waals surface area contributed by atoms with E-state index in [1.165, 1.54) is 10.4 Å². The summed E-state index contributed by atoms with van der Waals surface area (Å²) < 4.78 is 29.0. The van der Waals surface area contributed by atoms with E-state index in [4.69, 9.17) is 0 Å². The van der Waals surface area contributed by atoms with Gasteiger partial charge in [-0.1, -0.05) is 18.2 Å². The first kappa shape index (κ1) is 13.1. The maximum absolute atomic E-state index is 9.67. The van der Waals surface area contributed by atoms with E-state index in [-0.39, 0.29) is 0 Å². The van der Waals surface area contributed by atoms with Crippen molar-refractivity contribution < 1.29 is 13.2 Å². The van der Waals surface area contributed by atoms with Crippen LogP contribution in [0, 0.1) is 0 Å². The Balaban J connectivity index is 0.000000280. The summed E-state index contributed by atoms with van der Waals surface area (Å²) in [4.78, 5) is 2.32. The minimum atomic E-state index is -3.67. The standard InChI is InChI=1S/C10H8S2.CHF3/c11-9-5-3-8(4-6-9)10-2-1-7-12-10;2-1(3)4/h1-7,11H;1H. The second kappa shape index (κ2) is 6.60. The molecule has 1 heterocycles. The van der Waals surface area contributed by atoms with Crippen molar-refractivity contribution in [3.05, 3.63) is 41.8 Å². The van der Waals surface area contributed by atoms with E-state index in [0.29, 0.717) is 0 Å². The van der Waals surface area contributed by atoms with Crippen LogP contribution in [0.15, 0.2) is 46.7 Å². The Morgan fingerprint density at radius 3 is 2.00 bits per heavy atom. The normalized spacial score (nSPS) is 9.81. The van der Waals surface area contributed by atoms with Gasteiger partial charge in [-0.05, 0) is 29.1 Å². The summed E-state index contributed by atoms with van der Waals surface area (Å²) in [5, 5.41) is 2.09. The van der Waals surface area contributed by atoms with Gasteiger partial charge in [0.25, 0.3) is 0 Å². The summed E-state index contributed by atoms with van der Waals surface area (Å²) in [6, 6.07) is 12.4. The number of hydrogen-bond acceptors (Lipinski definition) is 2. The second-order valence-electron chi connectivity index (χ2n) is 2.77. The molecule has 2 aromatic rings. The number of benzene rings is 1. The fraction of sp³-hybridized carbons (Fsp3) is 0.0909. The van der Waals surface area contributed by atoms with Gasteiger partial charge in [0.2, 0.25) is 0 Å². The molecule has 5 heteroatoms. The molecule has 0 amide bonds. The first-order valence-corrected chi connectivity index (χ1v) is 5.67. The third-order valence-corrected chi connectivity index (χ3v) is 2.89. The smallest absolute Gasteiger partial charge is 0.174 e. The lowest BCUT2D eigenvalue weighted by Gasteiger charge is -1.96. The van der Waals surface area contributed by atoms with Gasteiger partial charge in [-0.15, -0.1) is 24.0 Å². The van der Waals surface area contributed by atoms with Crippen LogP contribution in [0.2, 0.25) is 0 Å². The Morgan fingerprint density at radius 1 is 1.00 bits per heavy atom. The molecule has 1 aromatic carbocycles. The quantitative estimate of drug-likeness (QED) is 0.695. The number of rotatable bonds is 1. The van der Waals surface area contributed by atoms with Crippen LogP contribution in [0.25, 0.3) is 10.4 Å². The molecule has 0 N–H and O–H groups in total. The third kappa shape index (κ3) is 4.72. The fourth-order valence-corrected chi connectivity index (χ4v) is 1.95. The average Bonchev–Trinajstić information content (AvgIpc) is 2.71. The summed E-state index contributed by atoms with van der Waals surface area (Å²) in [7, 11) is 0. The van der Waals surface area contributed by atoms with Gasteiger partial charge in [-0.2, -0.15) is 13.2 Å². The second-order valence-corrected chi connectivity index (χ2v) is 4.24. The highest BCUT2D eigenvalue weighted by Gasteiger charge is 1.96. The van der Waals surface area contributed by atoms with Gasteiger partial charge in [0.15, 0.2) is 0 Å². The van der Waals surface area contributed by atoms with Gasteiger partial charge >= 0.3 is 6.68 Å². The molecule has 0 fully saturated rings. The first-order valence-electron chi connectivity index (χ1n) is 4.34. The average molecular weight is 262 g/mol. The predicted octanol–water partition coefficient (Wildman–Crippen LogP) is 4.88. The predicted molar refractivity (Wildman–Crippen MR) is 64.1 cm³/mol. The van der Waals surface area contributed by atoms with Crippen molar-refractivity contribution in [2.75, 3.05) is 0 Å². The number of thiophene rings is 1. The largest absolute Gasteiger partial charge is 0.379 e. The SMILES string of the molecule is FC(F)F.Sc1ccc(-c2cccs2)cc1. The molecule has 86 valence electrons. The Labute approximate surface area is 101 Å². The summed E-state index contributed by atoms with van der Waals surface area (Å²) >= 11 is 5.99. The fourth-order valence-electron chi connectivity index (χ4n) is 1.07. The monoisotopic (exact) mass is 262 g/mol. The van der Waals surface area contributed by atoms with E-state index in [1.54, 1.807) is 11.3 Å². The lowest BCUT2D eigenvalue weighted by atomic mass is 10.2. The van der Waals surface area contributed by atoms with E-state index in [2.05, 4.69) is 42.3 Å². The lowest BCUT2D eigenvalue weighted by molar-refractivity contribution is 0.00819. The Morgan fingerprint density at radius 2 is 1.56 bits per heavy atom. The van der Waals surface area contributed by atoms with Crippen LogP contribution >= 0.6 is 24.0 Å². The minimum absolute atomic E-state index is 1.01. The zero-order valence-electron chi connectivity index (χ0n) is 8.11. The maximum atomic E-state index is 9.67. The first-order chi connectivity index (χ1) is 7.59. The molecular weight excluding hydrogens is 253 g/mol. The highest BCUT2D eigenvalue weighted by atomic mass is 32.1. The van der Waals surface area contributed by atoms with Crippen molar-refractivity contribution >= 4 is 24.0 Å². The number of halogens is 3. The zero-order valence-corrected chi connectivity index (χ0v) is 9.82. The van der Waals surface area contributed by atoms with Crippen LogP contribution in [0.5, 0.6) is 0 Å². The van der Waals surface area contributed by atoms with E-state index in [0.717, 1.165) is 4.90 Å². The molecule has 0 radical (unpaired) electrons. The van der Waals surface area contributed by atoms with Gasteiger partial charge in [0, 0.05) is 9.77 Å². The molecule has 0 aliphatic rings. The molecule has 2 rings (SSSR count). The number of hydrogen-bond donors (Lipinski definition) is 1. The van der Waals surface area contributed by atoms with Crippen LogP contribution in [0.4, 0.5) is 13.2 Å². The lowest BCUT2D eigenvalue weighted by Crippen LogP contribution is -1.70. The van der Waals surface area contributed by atoms with Gasteiger partial charge in [0.05, 0.1) is 0 Å². The van der Waals surface area contributed by atoms with Gasteiger partial charge in [0.1, 0.15) is 0 Å². The molecule has 0 spiro atoms. The van der Waals surface area contributed by atoms with E-state index >= 15 is 0 Å². The van der Waals surface area contributed by atoms with Crippen LogP contribution in [0.3, 0.4) is 0 Å². The molecule has 0 saturated heterocycles. The molecule has 0 saturated carbocycles. The van der Waals surface area contributed by atoms with Gasteiger partial charge in [-0.25, -0.2) is 0 Å². The topological polar surface area (TPSA) is 0 Å². The summed E-state index contributed by atoms with van der Waals surface area (Å²) in [6.45, 7) is -3.67. The van der Waals surface area contributed by atoms with Gasteiger partial charge in [-0.3, -0.25) is 0 Å². The highest BCUT2D eigenvalue weighted by molar-refractivity contribution is 7.80. The van der Waals surface area contributed by atoms with Crippen molar-refractivity contribution in [3.8, 4) is 10.4 Å². The molecule has 0 bridgehead atoms. The van der Waals surface area contributed by atoms with Crippen molar-refractivity contribution in [3.63, 3.8) is 0 Å². The van der Waals surface area contributed by atoms with E-state index in [9.17, 15) is 13.2 Å². The number of alkyl halides is 3. The number of thiol groups is 1. The highest BCUT2D eigenvalue weighted by Crippen LogP contribution is 2.25. The van der Waals surface area contributed by atoms with Crippen molar-refractivity contribution in [2.45, 2.75) is 11.6 Å². The molecule has 0 aliphatic carbocycles. The molecule has 0 atom stereocenters.